The van der Waals surface area contributed by atoms with Crippen LogP contribution in [-0.2, 0) is 23.6 Å². The molecule has 24 heavy (non-hydrogen) atoms. The summed E-state index contributed by atoms with van der Waals surface area (Å²) in [5.74, 6) is 0.954. The Morgan fingerprint density at radius 3 is 2.50 bits per heavy atom. The van der Waals surface area contributed by atoms with Gasteiger partial charge in [0, 0.05) is 23.7 Å². The van der Waals surface area contributed by atoms with E-state index in [1.54, 1.807) is 4.90 Å². The van der Waals surface area contributed by atoms with Gasteiger partial charge in [0.15, 0.2) is 0 Å². The number of benzene rings is 2. The average molecular weight is 341 g/mol. The van der Waals surface area contributed by atoms with Crippen LogP contribution in [0, 0.1) is 0 Å². The molecule has 1 amide bonds. The zero-order valence-corrected chi connectivity index (χ0v) is 15.2. The Hall–Kier alpha value is -1.94. The second-order valence-electron chi connectivity index (χ2n) is 7.04. The summed E-state index contributed by atoms with van der Waals surface area (Å²) >= 11 is 1.82. The van der Waals surface area contributed by atoms with Crippen molar-refractivity contribution in [3.8, 4) is 0 Å². The number of carbonyl (C=O) groups excluding carboxylic acids is 1. The summed E-state index contributed by atoms with van der Waals surface area (Å²) in [6.45, 7) is 6.95. The lowest BCUT2D eigenvalue weighted by Gasteiger charge is -2.24. The van der Waals surface area contributed by atoms with E-state index in [1.807, 2.05) is 38.6 Å². The first-order chi connectivity index (χ1) is 11.4. The van der Waals surface area contributed by atoms with Crippen molar-refractivity contribution in [2.24, 2.45) is 0 Å². The molecule has 0 saturated carbocycles. The molecular weight excluding hydrogens is 318 g/mol. The van der Waals surface area contributed by atoms with Crippen LogP contribution in [0.3, 0.4) is 0 Å². The van der Waals surface area contributed by atoms with Crippen molar-refractivity contribution < 1.29 is 9.53 Å². The zero-order chi connectivity index (χ0) is 17.2. The molecule has 0 N–H and O–H groups in total. The van der Waals surface area contributed by atoms with E-state index in [0.717, 1.165) is 5.75 Å². The summed E-state index contributed by atoms with van der Waals surface area (Å²) in [4.78, 5) is 15.2. The first kappa shape index (κ1) is 16.9. The van der Waals surface area contributed by atoms with Crippen LogP contribution in [0.5, 0.6) is 0 Å². The minimum Gasteiger partial charge on any atom is -0.444 e. The molecule has 0 unspecified atom stereocenters. The van der Waals surface area contributed by atoms with Gasteiger partial charge in [-0.3, -0.25) is 4.90 Å². The minimum atomic E-state index is -0.456. The summed E-state index contributed by atoms with van der Waals surface area (Å²) in [5.41, 5.74) is 3.30. The predicted octanol–water partition coefficient (Wildman–Crippen LogP) is 5.23. The fourth-order valence-electron chi connectivity index (χ4n) is 2.66. The first-order valence-electron chi connectivity index (χ1n) is 8.17. The number of rotatable bonds is 3. The molecule has 3 rings (SSSR count). The second kappa shape index (κ2) is 6.89. The molecule has 1 aliphatic heterocycles. The van der Waals surface area contributed by atoms with Crippen LogP contribution in [-0.4, -0.2) is 16.6 Å². The van der Waals surface area contributed by atoms with Crippen molar-refractivity contribution in [3.63, 3.8) is 0 Å². The van der Waals surface area contributed by atoms with Crippen LogP contribution in [0.25, 0.3) is 0 Å². The maximum absolute atomic E-state index is 12.2. The van der Waals surface area contributed by atoms with E-state index in [1.165, 1.54) is 21.6 Å². The maximum Gasteiger partial charge on any atom is 0.410 e. The van der Waals surface area contributed by atoms with Gasteiger partial charge in [-0.2, -0.15) is 0 Å². The molecule has 1 aliphatic rings. The highest BCUT2D eigenvalue weighted by atomic mass is 32.2. The Bertz CT molecular complexity index is 722. The first-order valence-corrected chi connectivity index (χ1v) is 9.16. The van der Waals surface area contributed by atoms with E-state index in [4.69, 9.17) is 4.74 Å². The fraction of sp³-hybridized carbons (Fsp3) is 0.350. The van der Waals surface area contributed by atoms with Crippen LogP contribution in [0.15, 0.2) is 53.4 Å². The van der Waals surface area contributed by atoms with Gasteiger partial charge in [-0.05, 0) is 49.6 Å². The Morgan fingerprint density at radius 2 is 1.79 bits per heavy atom. The van der Waals surface area contributed by atoms with Crippen molar-refractivity contribution in [2.45, 2.75) is 50.1 Å². The number of thioether (sulfide) groups is 1. The topological polar surface area (TPSA) is 29.5 Å². The Morgan fingerprint density at radius 1 is 1.08 bits per heavy atom. The molecule has 0 atom stereocenters. The van der Waals surface area contributed by atoms with E-state index >= 15 is 0 Å². The number of amides is 1. The van der Waals surface area contributed by atoms with E-state index < -0.39 is 5.60 Å². The van der Waals surface area contributed by atoms with Crippen molar-refractivity contribution >= 4 is 17.9 Å². The number of fused-ring (bicyclic) bond motifs is 1. The van der Waals surface area contributed by atoms with E-state index in [2.05, 4.69) is 42.5 Å². The molecule has 0 spiro atoms. The van der Waals surface area contributed by atoms with Crippen molar-refractivity contribution in [1.29, 1.82) is 0 Å². The zero-order valence-electron chi connectivity index (χ0n) is 14.4. The van der Waals surface area contributed by atoms with Gasteiger partial charge in [0.25, 0.3) is 0 Å². The third-order valence-corrected chi connectivity index (χ3v) is 4.87. The van der Waals surface area contributed by atoms with Gasteiger partial charge in [0.1, 0.15) is 5.60 Å². The summed E-state index contributed by atoms with van der Waals surface area (Å²) in [6.07, 6.45) is -0.239. The highest BCUT2D eigenvalue weighted by molar-refractivity contribution is 7.98. The van der Waals surface area contributed by atoms with Gasteiger partial charge >= 0.3 is 6.09 Å². The number of ether oxygens (including phenoxy) is 1. The van der Waals surface area contributed by atoms with Gasteiger partial charge in [0.2, 0.25) is 0 Å². The van der Waals surface area contributed by atoms with Gasteiger partial charge < -0.3 is 4.74 Å². The number of hydrogen-bond donors (Lipinski definition) is 0. The molecule has 0 aliphatic carbocycles. The highest BCUT2D eigenvalue weighted by Crippen LogP contribution is 2.30. The third-order valence-electron chi connectivity index (χ3n) is 3.80. The standard InChI is InChI=1S/C20H23NO2S/c1-20(2,3)23-19(22)21-12-16-9-10-18(11-17(16)13-21)24-14-15-7-5-4-6-8-15/h4-11H,12-14H2,1-3H3. The van der Waals surface area contributed by atoms with Gasteiger partial charge in [-0.25, -0.2) is 4.79 Å². The summed E-state index contributed by atoms with van der Waals surface area (Å²) in [7, 11) is 0. The van der Waals surface area contributed by atoms with Crippen LogP contribution in [0.1, 0.15) is 37.5 Å². The van der Waals surface area contributed by atoms with Crippen molar-refractivity contribution in [1.82, 2.24) is 4.90 Å². The van der Waals surface area contributed by atoms with Gasteiger partial charge in [-0.1, -0.05) is 36.4 Å². The second-order valence-corrected chi connectivity index (χ2v) is 8.09. The predicted molar refractivity (Wildman–Crippen MR) is 97.9 cm³/mol. The summed E-state index contributed by atoms with van der Waals surface area (Å²) in [6, 6.07) is 16.9. The van der Waals surface area contributed by atoms with Crippen LogP contribution in [0.2, 0.25) is 0 Å². The number of nitrogens with zero attached hydrogens (tertiary/aromatic N) is 1. The molecule has 0 aromatic heterocycles. The quantitative estimate of drug-likeness (QED) is 0.716. The van der Waals surface area contributed by atoms with Crippen LogP contribution in [0.4, 0.5) is 4.79 Å². The smallest absolute Gasteiger partial charge is 0.410 e. The molecule has 4 heteroatoms. The average Bonchev–Trinajstić information content (AvgIpc) is 2.96. The number of carbonyl (C=O) groups is 1. The summed E-state index contributed by atoms with van der Waals surface area (Å²) < 4.78 is 5.47. The van der Waals surface area contributed by atoms with Crippen molar-refractivity contribution in [2.75, 3.05) is 0 Å². The van der Waals surface area contributed by atoms with Crippen LogP contribution < -0.4 is 0 Å². The van der Waals surface area contributed by atoms with Gasteiger partial charge in [0.05, 0.1) is 0 Å². The maximum atomic E-state index is 12.2. The van der Waals surface area contributed by atoms with E-state index in [-0.39, 0.29) is 6.09 Å². The molecule has 126 valence electrons. The molecule has 3 nitrogen and oxygen atoms in total. The fourth-order valence-corrected chi connectivity index (χ4v) is 3.57. The monoisotopic (exact) mass is 341 g/mol. The lowest BCUT2D eigenvalue weighted by Crippen LogP contribution is -2.33. The normalized spacial score (nSPS) is 13.7. The van der Waals surface area contributed by atoms with E-state index in [9.17, 15) is 4.79 Å². The largest absolute Gasteiger partial charge is 0.444 e. The van der Waals surface area contributed by atoms with Crippen LogP contribution >= 0.6 is 11.8 Å². The lowest BCUT2D eigenvalue weighted by molar-refractivity contribution is 0.0242. The molecule has 0 saturated heterocycles. The SMILES string of the molecule is CC(C)(C)OC(=O)N1Cc2ccc(SCc3ccccc3)cc2C1. The minimum absolute atomic E-state index is 0.239. The Kier molecular flexibility index (Phi) is 4.86. The van der Waals surface area contributed by atoms with Crippen molar-refractivity contribution in [3.05, 3.63) is 65.2 Å². The van der Waals surface area contributed by atoms with Gasteiger partial charge in [-0.15, -0.1) is 11.8 Å². The highest BCUT2D eigenvalue weighted by Gasteiger charge is 2.27. The molecule has 1 heterocycles. The Labute approximate surface area is 148 Å². The van der Waals surface area contributed by atoms with E-state index in [0.29, 0.717) is 13.1 Å². The molecule has 0 bridgehead atoms. The third kappa shape index (κ3) is 4.32. The lowest BCUT2D eigenvalue weighted by atomic mass is 10.1. The molecule has 0 fully saturated rings. The number of hydrogen-bond acceptors (Lipinski definition) is 3. The Balaban J connectivity index is 1.62. The molecular formula is C20H23NO2S. The summed E-state index contributed by atoms with van der Waals surface area (Å²) in [5, 5.41) is 0. The molecule has 2 aromatic rings. The molecule has 2 aromatic carbocycles. The molecule has 0 radical (unpaired) electrons.